The smallest absolute Gasteiger partial charge is 0.335 e. The third-order valence-corrected chi connectivity index (χ3v) is 3.81. The van der Waals surface area contributed by atoms with Crippen molar-refractivity contribution >= 4 is 18.0 Å². The maximum atomic E-state index is 10.1. The van der Waals surface area contributed by atoms with Crippen LogP contribution in [0.3, 0.4) is 0 Å². The molecule has 0 radical (unpaired) electrons. The maximum absolute atomic E-state index is 10.1. The minimum atomic E-state index is -2.36. The summed E-state index contributed by atoms with van der Waals surface area (Å²) >= 11 is 0. The van der Waals surface area contributed by atoms with Gasteiger partial charge in [-0.1, -0.05) is 18.2 Å². The fraction of sp³-hybridized carbons (Fsp3) is 0.471. The number of hydrogen-bond acceptors (Lipinski definition) is 8. The van der Waals surface area contributed by atoms with Crippen LogP contribution in [0.2, 0.25) is 0 Å². The Balaban J connectivity index is 0.000000270. The Hall–Kier alpha value is -2.37. The second kappa shape index (κ2) is 11.4. The lowest BCUT2D eigenvalue weighted by Gasteiger charge is -2.21. The van der Waals surface area contributed by atoms with E-state index in [0.29, 0.717) is 6.04 Å². The van der Waals surface area contributed by atoms with Gasteiger partial charge in [0.2, 0.25) is 0 Å². The summed E-state index contributed by atoms with van der Waals surface area (Å²) in [5, 5.41) is 54.9. The lowest BCUT2D eigenvalue weighted by Crippen LogP contribution is -2.49. The summed E-state index contributed by atoms with van der Waals surface area (Å²) in [6.07, 6.45) is 1.31. The lowest BCUT2D eigenvalue weighted by molar-refractivity contribution is -0.172. The third-order valence-electron chi connectivity index (χ3n) is 3.81. The highest BCUT2D eigenvalue weighted by Gasteiger charge is 2.37. The molecule has 1 saturated heterocycles. The van der Waals surface area contributed by atoms with Crippen LogP contribution >= 0.6 is 0 Å². The quantitative estimate of drug-likeness (QED) is 0.291. The first-order valence-electron chi connectivity index (χ1n) is 8.23. The van der Waals surface area contributed by atoms with Crippen LogP contribution in [0, 0.1) is 0 Å². The van der Waals surface area contributed by atoms with E-state index in [9.17, 15) is 9.59 Å². The van der Waals surface area contributed by atoms with Crippen molar-refractivity contribution in [1.29, 1.82) is 0 Å². The van der Waals surface area contributed by atoms with Crippen molar-refractivity contribution < 1.29 is 40.2 Å². The van der Waals surface area contributed by atoms with Crippen LogP contribution < -0.4 is 5.32 Å². The molecule has 1 aliphatic heterocycles. The predicted molar refractivity (Wildman–Crippen MR) is 93.6 cm³/mol. The number of nitrogens with zero attached hydrogens (tertiary/aromatic N) is 1. The van der Waals surface area contributed by atoms with Gasteiger partial charge < -0.3 is 36.0 Å². The highest BCUT2D eigenvalue weighted by molar-refractivity contribution is 5.75. The average Bonchev–Trinajstić information content (AvgIpc) is 3.18. The highest BCUT2D eigenvalue weighted by Crippen LogP contribution is 2.08. The molecular weight excluding hydrogens is 360 g/mol. The minimum Gasteiger partial charge on any atom is -0.479 e. The van der Waals surface area contributed by atoms with Gasteiger partial charge in [0.05, 0.1) is 0 Å². The summed E-state index contributed by atoms with van der Waals surface area (Å²) < 4.78 is 0. The number of aliphatic hydroxyl groups excluding tert-OH is 4. The fourth-order valence-corrected chi connectivity index (χ4v) is 2.24. The van der Waals surface area contributed by atoms with Gasteiger partial charge in [0.1, 0.15) is 12.2 Å². The monoisotopic (exact) mass is 384 g/mol. The normalized spacial score (nSPS) is 21.0. The van der Waals surface area contributed by atoms with E-state index in [4.69, 9.17) is 30.6 Å². The molecule has 1 unspecified atom stereocenters. The van der Waals surface area contributed by atoms with Crippen LogP contribution in [0.4, 0.5) is 0 Å². The Morgan fingerprint density at radius 1 is 1.11 bits per heavy atom. The number of rotatable bonds is 7. The van der Waals surface area contributed by atoms with Crippen molar-refractivity contribution in [3.8, 4) is 0 Å². The number of carboxylic acids is 2. The molecule has 0 saturated carbocycles. The first kappa shape index (κ1) is 22.7. The van der Waals surface area contributed by atoms with E-state index in [1.165, 1.54) is 18.4 Å². The topological polar surface area (TPSA) is 180 Å². The summed E-state index contributed by atoms with van der Waals surface area (Å²) in [6, 6.07) is 4.60. The molecule has 10 heteroatoms. The van der Waals surface area contributed by atoms with Crippen LogP contribution in [0.1, 0.15) is 18.4 Å². The molecule has 1 aliphatic rings. The van der Waals surface area contributed by atoms with Crippen molar-refractivity contribution in [2.24, 2.45) is 0 Å². The standard InChI is InChI=1S/C11H14N2.C6H10O8/c1-3-10(9-12-7-1)5-6-11-4-2-8-13-11;7-1(3(9)5(11)12)2(8)4(10)6(13)14/h1,3,5-7,9,11,13H,2,4,8H2;1-4,7-10H,(H,11,12)(H,13,14)/b6-5-;/t;1-,2+,3-,4-/m.0/s1. The fourth-order valence-electron chi connectivity index (χ4n) is 2.24. The molecule has 27 heavy (non-hydrogen) atoms. The average molecular weight is 384 g/mol. The molecule has 5 atom stereocenters. The zero-order valence-electron chi connectivity index (χ0n) is 14.4. The van der Waals surface area contributed by atoms with Gasteiger partial charge in [-0.3, -0.25) is 4.98 Å². The van der Waals surface area contributed by atoms with Crippen LogP contribution in [0.15, 0.2) is 30.6 Å². The van der Waals surface area contributed by atoms with E-state index in [1.54, 1.807) is 6.20 Å². The van der Waals surface area contributed by atoms with Crippen molar-refractivity contribution in [2.45, 2.75) is 43.3 Å². The van der Waals surface area contributed by atoms with E-state index in [0.717, 1.165) is 6.54 Å². The zero-order chi connectivity index (χ0) is 20.4. The van der Waals surface area contributed by atoms with Gasteiger partial charge in [-0.2, -0.15) is 0 Å². The summed E-state index contributed by atoms with van der Waals surface area (Å²) in [6.45, 7) is 1.15. The van der Waals surface area contributed by atoms with E-state index >= 15 is 0 Å². The predicted octanol–water partition coefficient (Wildman–Crippen LogP) is -1.55. The molecule has 7 N–H and O–H groups in total. The van der Waals surface area contributed by atoms with E-state index < -0.39 is 36.4 Å². The number of carbonyl (C=O) groups is 2. The van der Waals surface area contributed by atoms with Crippen molar-refractivity contribution in [3.05, 3.63) is 36.2 Å². The van der Waals surface area contributed by atoms with Crippen molar-refractivity contribution in [3.63, 3.8) is 0 Å². The Labute approximate surface area is 155 Å². The van der Waals surface area contributed by atoms with Gasteiger partial charge in [-0.25, -0.2) is 9.59 Å². The molecule has 0 aliphatic carbocycles. The molecule has 150 valence electrons. The zero-order valence-corrected chi connectivity index (χ0v) is 14.4. The number of aliphatic hydroxyl groups is 4. The van der Waals surface area contributed by atoms with Gasteiger partial charge in [0, 0.05) is 18.4 Å². The molecule has 1 fully saturated rings. The molecule has 0 amide bonds. The SMILES string of the molecule is C(=C/C1CCCN1)/c1cccnc1.O=C(O)[C@@H](O)[C@H](O)[C@H](O)[C@H](O)C(=O)O. The van der Waals surface area contributed by atoms with E-state index in [2.05, 4.69) is 28.5 Å². The summed E-state index contributed by atoms with van der Waals surface area (Å²) in [4.78, 5) is 24.2. The lowest BCUT2D eigenvalue weighted by atomic mass is 10.0. The molecule has 0 aromatic carbocycles. The van der Waals surface area contributed by atoms with Crippen molar-refractivity contribution in [2.75, 3.05) is 6.54 Å². The molecule has 1 aromatic heterocycles. The second-order valence-electron chi connectivity index (χ2n) is 5.90. The Kier molecular flexibility index (Phi) is 9.54. The number of aromatic nitrogens is 1. The van der Waals surface area contributed by atoms with Gasteiger partial charge in [0.25, 0.3) is 0 Å². The molecule has 0 bridgehead atoms. The van der Waals surface area contributed by atoms with Crippen LogP contribution in [0.5, 0.6) is 0 Å². The number of nitrogens with one attached hydrogen (secondary N) is 1. The molecule has 1 aromatic rings. The largest absolute Gasteiger partial charge is 0.479 e. The van der Waals surface area contributed by atoms with E-state index in [1.807, 2.05) is 12.3 Å². The van der Waals surface area contributed by atoms with Crippen molar-refractivity contribution in [1.82, 2.24) is 10.3 Å². The van der Waals surface area contributed by atoms with Gasteiger partial charge >= 0.3 is 11.9 Å². The van der Waals surface area contributed by atoms with Crippen LogP contribution in [-0.4, -0.2) is 84.6 Å². The van der Waals surface area contributed by atoms with Crippen LogP contribution in [0.25, 0.3) is 6.08 Å². The maximum Gasteiger partial charge on any atom is 0.335 e. The minimum absolute atomic E-state index is 0.570. The highest BCUT2D eigenvalue weighted by atomic mass is 16.4. The third kappa shape index (κ3) is 7.81. The summed E-state index contributed by atoms with van der Waals surface area (Å²) in [5.41, 5.74) is 1.18. The van der Waals surface area contributed by atoms with Gasteiger partial charge in [-0.05, 0) is 31.0 Å². The first-order chi connectivity index (χ1) is 12.7. The second-order valence-corrected chi connectivity index (χ2v) is 5.90. The number of pyridine rings is 1. The van der Waals surface area contributed by atoms with Gasteiger partial charge in [0.15, 0.2) is 12.2 Å². The summed E-state index contributed by atoms with van der Waals surface area (Å²) in [7, 11) is 0. The van der Waals surface area contributed by atoms with Gasteiger partial charge in [-0.15, -0.1) is 0 Å². The number of aliphatic carboxylic acids is 2. The van der Waals surface area contributed by atoms with E-state index in [-0.39, 0.29) is 0 Å². The molecule has 2 heterocycles. The Morgan fingerprint density at radius 3 is 2.11 bits per heavy atom. The van der Waals surface area contributed by atoms with Crippen LogP contribution in [-0.2, 0) is 9.59 Å². The molecule has 10 nitrogen and oxygen atoms in total. The number of hydrogen-bond donors (Lipinski definition) is 7. The molecular formula is C17H24N2O8. The summed E-state index contributed by atoms with van der Waals surface area (Å²) in [5.74, 6) is -3.68. The first-order valence-corrected chi connectivity index (χ1v) is 8.23. The number of carboxylic acid groups (broad SMARTS) is 2. The molecule has 2 rings (SSSR count). The molecule has 0 spiro atoms. The Bertz CT molecular complexity index is 595. The Morgan fingerprint density at radius 2 is 1.70 bits per heavy atom.